The summed E-state index contributed by atoms with van der Waals surface area (Å²) in [6.07, 6.45) is 0. The minimum atomic E-state index is -0.468. The topological polar surface area (TPSA) is 80.7 Å². The van der Waals surface area contributed by atoms with E-state index < -0.39 is 11.6 Å². The van der Waals surface area contributed by atoms with E-state index in [-0.39, 0.29) is 41.1 Å². The summed E-state index contributed by atoms with van der Waals surface area (Å²) in [6, 6.07) is 8.81. The number of phenols is 1. The molecule has 6 heteroatoms. The van der Waals surface area contributed by atoms with Crippen LogP contribution in [0.1, 0.15) is 31.8 Å². The van der Waals surface area contributed by atoms with Crippen LogP contribution in [0.4, 0.5) is 0 Å². The van der Waals surface area contributed by atoms with Gasteiger partial charge in [-0.25, -0.2) is 0 Å². The Kier molecular flexibility index (Phi) is 2.71. The van der Waals surface area contributed by atoms with E-state index in [4.69, 9.17) is 4.65 Å². The van der Waals surface area contributed by atoms with Gasteiger partial charge in [-0.05, 0) is 0 Å². The Balaban J connectivity index is 2.35. The summed E-state index contributed by atoms with van der Waals surface area (Å²) in [5.41, 5.74) is 0.240. The summed E-state index contributed by atoms with van der Waals surface area (Å²) in [4.78, 5) is 24.8. The van der Waals surface area contributed by atoms with E-state index in [2.05, 4.69) is 0 Å². The van der Waals surface area contributed by atoms with Crippen LogP contribution in [0.15, 0.2) is 36.4 Å². The first-order chi connectivity index (χ1) is 9.65. The van der Waals surface area contributed by atoms with Crippen molar-refractivity contribution in [1.29, 1.82) is 0 Å². The average molecular weight is 266 g/mol. The number of carbonyl (C=O) groups excluding carboxylic acids is 2. The predicted octanol–water partition coefficient (Wildman–Crippen LogP) is 1.51. The molecule has 0 fully saturated rings. The number of aromatic hydroxyl groups is 1. The number of hydrogen-bond donors (Lipinski definition) is 1. The van der Waals surface area contributed by atoms with Crippen molar-refractivity contribution in [2.24, 2.45) is 0 Å². The van der Waals surface area contributed by atoms with Crippen LogP contribution in [0.3, 0.4) is 0 Å². The summed E-state index contributed by atoms with van der Waals surface area (Å²) in [5, 5.41) is 9.85. The number of benzene rings is 2. The molecule has 96 valence electrons. The molecule has 3 rings (SSSR count). The molecule has 5 nitrogen and oxygen atoms in total. The van der Waals surface area contributed by atoms with Gasteiger partial charge in [-0.3, -0.25) is 0 Å². The first-order valence-corrected chi connectivity index (χ1v) is 5.80. The molecule has 0 atom stereocenters. The zero-order valence-corrected chi connectivity index (χ0v) is 10.1. The second-order valence-electron chi connectivity index (χ2n) is 4.25. The van der Waals surface area contributed by atoms with Crippen LogP contribution in [0.5, 0.6) is 11.5 Å². The quantitative estimate of drug-likeness (QED) is 0.711. The summed E-state index contributed by atoms with van der Waals surface area (Å²) in [6.45, 7) is 0. The van der Waals surface area contributed by atoms with E-state index in [0.29, 0.717) is 0 Å². The van der Waals surface area contributed by atoms with Crippen molar-refractivity contribution < 1.29 is 24.1 Å². The van der Waals surface area contributed by atoms with Crippen LogP contribution in [0.2, 0.25) is 0 Å². The van der Waals surface area contributed by atoms with Gasteiger partial charge in [-0.2, -0.15) is 0 Å². The molecule has 0 amide bonds. The van der Waals surface area contributed by atoms with Crippen LogP contribution >= 0.6 is 0 Å². The van der Waals surface area contributed by atoms with Crippen molar-refractivity contribution in [1.82, 2.24) is 0 Å². The Morgan fingerprint density at radius 2 is 1.50 bits per heavy atom. The fourth-order valence-electron chi connectivity index (χ4n) is 2.33. The molecule has 2 aromatic rings. The summed E-state index contributed by atoms with van der Waals surface area (Å²) in [7, 11) is 0.172. The predicted molar refractivity (Wildman–Crippen MR) is 68.5 cm³/mol. The van der Waals surface area contributed by atoms with Crippen LogP contribution in [-0.4, -0.2) is 24.0 Å². The fraction of sp³-hybridized carbons (Fsp3) is 0. The van der Waals surface area contributed by atoms with Gasteiger partial charge < -0.3 is 0 Å². The molecule has 1 N–H and O–H groups in total. The Morgan fingerprint density at radius 1 is 0.900 bits per heavy atom. The molecule has 20 heavy (non-hydrogen) atoms. The SMILES string of the molecule is O=BOc1ccc(O)c2c1C(=O)c1ccccc1C2=O. The molecule has 1 aliphatic carbocycles. The molecule has 0 spiro atoms. The Bertz CT molecular complexity index is 766. The van der Waals surface area contributed by atoms with Crippen molar-refractivity contribution in [3.63, 3.8) is 0 Å². The zero-order chi connectivity index (χ0) is 14.3. The third kappa shape index (κ3) is 1.58. The van der Waals surface area contributed by atoms with E-state index in [9.17, 15) is 19.4 Å². The molecule has 0 bridgehead atoms. The van der Waals surface area contributed by atoms with Crippen LogP contribution in [0, 0.1) is 0 Å². The molecule has 0 heterocycles. The Labute approximate surface area is 114 Å². The standard InChI is InChI=1S/C14H7BO5/c16-9-5-6-10(20-15-19)12-11(9)13(17)7-3-1-2-4-8(7)14(12)18/h1-6,16H. The van der Waals surface area contributed by atoms with Crippen LogP contribution in [0.25, 0.3) is 0 Å². The monoisotopic (exact) mass is 266 g/mol. The zero-order valence-electron chi connectivity index (χ0n) is 10.1. The van der Waals surface area contributed by atoms with E-state index >= 15 is 0 Å². The average Bonchev–Trinajstić information content (AvgIpc) is 2.47. The fourth-order valence-corrected chi connectivity index (χ4v) is 2.33. The molecule has 0 aliphatic heterocycles. The van der Waals surface area contributed by atoms with E-state index in [1.807, 2.05) is 0 Å². The molecule has 0 aromatic heterocycles. The molecule has 0 radical (unpaired) electrons. The van der Waals surface area contributed by atoms with Crippen molar-refractivity contribution >= 4 is 18.9 Å². The summed E-state index contributed by atoms with van der Waals surface area (Å²) in [5.74, 6) is -1.28. The van der Waals surface area contributed by atoms with Gasteiger partial charge in [0.25, 0.3) is 0 Å². The molecule has 0 saturated heterocycles. The minimum absolute atomic E-state index is 0.0411. The van der Waals surface area contributed by atoms with Crippen molar-refractivity contribution in [2.45, 2.75) is 0 Å². The van der Waals surface area contributed by atoms with Gasteiger partial charge >= 0.3 is 113 Å². The van der Waals surface area contributed by atoms with E-state index in [1.54, 1.807) is 12.1 Å². The maximum atomic E-state index is 12.4. The first-order valence-electron chi connectivity index (χ1n) is 5.80. The molecule has 2 aromatic carbocycles. The number of phenolic OH excluding ortho intramolecular Hbond substituents is 1. The number of rotatable bonds is 2. The molecular weight excluding hydrogens is 259 g/mol. The van der Waals surface area contributed by atoms with Gasteiger partial charge in [0, 0.05) is 0 Å². The molecule has 0 saturated carbocycles. The van der Waals surface area contributed by atoms with Crippen LogP contribution < -0.4 is 4.65 Å². The summed E-state index contributed by atoms with van der Waals surface area (Å²) >= 11 is 0. The van der Waals surface area contributed by atoms with Gasteiger partial charge in [0.1, 0.15) is 0 Å². The molecular formula is C14H7BO5. The number of ketones is 2. The van der Waals surface area contributed by atoms with E-state index in [1.165, 1.54) is 24.3 Å². The maximum absolute atomic E-state index is 12.4. The van der Waals surface area contributed by atoms with Gasteiger partial charge in [0.05, 0.1) is 0 Å². The van der Waals surface area contributed by atoms with Crippen molar-refractivity contribution in [2.75, 3.05) is 0 Å². The van der Waals surface area contributed by atoms with E-state index in [0.717, 1.165) is 0 Å². The first kappa shape index (κ1) is 12.3. The van der Waals surface area contributed by atoms with Crippen LogP contribution in [-0.2, 0) is 4.70 Å². The Morgan fingerprint density at radius 3 is 2.10 bits per heavy atom. The normalized spacial score (nSPS) is 12.4. The van der Waals surface area contributed by atoms with Crippen molar-refractivity contribution in [3.8, 4) is 11.5 Å². The number of carbonyl (C=O) groups is 2. The third-order valence-electron chi connectivity index (χ3n) is 3.19. The summed E-state index contributed by atoms with van der Waals surface area (Å²) < 4.78 is 15.2. The van der Waals surface area contributed by atoms with Gasteiger partial charge in [-0.15, -0.1) is 0 Å². The Hall–Kier alpha value is -2.76. The number of hydrogen-bond acceptors (Lipinski definition) is 5. The third-order valence-corrected chi connectivity index (χ3v) is 3.19. The number of fused-ring (bicyclic) bond motifs is 2. The second kappa shape index (κ2) is 4.41. The van der Waals surface area contributed by atoms with Gasteiger partial charge in [0.15, 0.2) is 0 Å². The van der Waals surface area contributed by atoms with Crippen molar-refractivity contribution in [3.05, 3.63) is 58.7 Å². The van der Waals surface area contributed by atoms with Gasteiger partial charge in [0.2, 0.25) is 0 Å². The molecule has 0 unspecified atom stereocenters. The molecule has 1 aliphatic rings. The van der Waals surface area contributed by atoms with Gasteiger partial charge in [-0.1, -0.05) is 0 Å². The second-order valence-corrected chi connectivity index (χ2v) is 4.25.